The van der Waals surface area contributed by atoms with E-state index in [0.717, 1.165) is 21.2 Å². The summed E-state index contributed by atoms with van der Waals surface area (Å²) in [6.07, 6.45) is 0. The van der Waals surface area contributed by atoms with Gasteiger partial charge in [0.05, 0.1) is 21.2 Å². The molecule has 4 aromatic carbocycles. The van der Waals surface area contributed by atoms with Gasteiger partial charge in [0.15, 0.2) is 0 Å². The SMILES string of the molecule is Cl[B-](Cl)(Cl)[P+](C[P+](c1ccccc1)(c1ccccc1)[B-](Cl)(Cl)Cl)(c1ccccc1)c1ccccc1. The van der Waals surface area contributed by atoms with Gasteiger partial charge in [0.1, 0.15) is 5.90 Å². The normalized spacial score (nSPS) is 13.0. The van der Waals surface area contributed by atoms with Crippen molar-refractivity contribution in [2.75, 3.05) is 5.90 Å². The van der Waals surface area contributed by atoms with Crippen LogP contribution in [0.1, 0.15) is 0 Å². The van der Waals surface area contributed by atoms with E-state index in [1.807, 2.05) is 121 Å². The van der Waals surface area contributed by atoms with Gasteiger partial charge in [-0.15, -0.1) is 0 Å². The van der Waals surface area contributed by atoms with Crippen molar-refractivity contribution in [1.82, 2.24) is 0 Å². The predicted octanol–water partition coefficient (Wildman–Crippen LogP) is 8.59. The molecule has 0 amide bonds. The maximum Gasteiger partial charge on any atom is 0.423 e. The van der Waals surface area contributed by atoms with Gasteiger partial charge in [-0.1, -0.05) is 72.8 Å². The van der Waals surface area contributed by atoms with Crippen LogP contribution in [0.3, 0.4) is 0 Å². The fourth-order valence-corrected chi connectivity index (χ4v) is 23.7. The van der Waals surface area contributed by atoms with E-state index in [9.17, 15) is 0 Å². The molecule has 0 nitrogen and oxygen atoms in total. The molecule has 0 heterocycles. The van der Waals surface area contributed by atoms with E-state index < -0.39 is 22.5 Å². The minimum atomic E-state index is -2.76. The Bertz CT molecular complexity index is 1060. The van der Waals surface area contributed by atoms with Crippen molar-refractivity contribution in [1.29, 1.82) is 0 Å². The fraction of sp³-hybridized carbons (Fsp3) is 0.0400. The van der Waals surface area contributed by atoms with Gasteiger partial charge in [0.2, 0.25) is 0 Å². The Hall–Kier alpha value is -0.390. The van der Waals surface area contributed by atoms with Crippen LogP contribution >= 0.6 is 83.0 Å². The van der Waals surface area contributed by atoms with Gasteiger partial charge in [0.25, 0.3) is 0 Å². The standard InChI is InChI=1S/C25H22B2Cl6P2/c28-26(29,30)34(22-13-5-1-6-14-22,23-15-7-2-8-16-23)21-35(27(31,32)33,24-17-9-3-10-18-24)25-19-11-4-12-20-25/h1-20H,21H2. The maximum absolute atomic E-state index is 7.09. The molecule has 4 aromatic rings. The molecule has 4 rings (SSSR count). The van der Waals surface area contributed by atoms with Crippen LogP contribution in [-0.2, 0) is 0 Å². The van der Waals surface area contributed by atoms with Crippen LogP contribution in [0.2, 0.25) is 0 Å². The minimum absolute atomic E-state index is 0.440. The van der Waals surface area contributed by atoms with E-state index in [4.69, 9.17) is 68.8 Å². The number of hydrogen-bond donors (Lipinski definition) is 0. The highest BCUT2D eigenvalue weighted by Crippen LogP contribution is 2.82. The Morgan fingerprint density at radius 1 is 0.371 bits per heavy atom. The second-order valence-electron chi connectivity index (χ2n) is 8.30. The molecule has 0 N–H and O–H groups in total. The molecule has 180 valence electrons. The van der Waals surface area contributed by atoms with E-state index in [1.54, 1.807) is 0 Å². The van der Waals surface area contributed by atoms with Gasteiger partial charge in [-0.25, -0.2) is 0 Å². The smallest absolute Gasteiger partial charge is 0.300 e. The third-order valence-electron chi connectivity index (χ3n) is 6.31. The first kappa shape index (κ1) is 27.6. The molecule has 0 fully saturated rings. The van der Waals surface area contributed by atoms with Gasteiger partial charge < -0.3 is 68.8 Å². The molecule has 35 heavy (non-hydrogen) atoms. The number of hydrogen-bond acceptors (Lipinski definition) is 0. The predicted molar refractivity (Wildman–Crippen MR) is 170 cm³/mol. The van der Waals surface area contributed by atoms with Crippen LogP contribution in [0.4, 0.5) is 0 Å². The van der Waals surface area contributed by atoms with E-state index in [1.165, 1.54) is 0 Å². The average Bonchev–Trinajstić information content (AvgIpc) is 2.85. The van der Waals surface area contributed by atoms with Crippen LogP contribution in [0.5, 0.6) is 0 Å². The van der Waals surface area contributed by atoms with E-state index >= 15 is 0 Å². The Balaban J connectivity index is 2.15. The van der Waals surface area contributed by atoms with Crippen LogP contribution in [0, 0.1) is 0 Å². The molecule has 0 unspecified atom stereocenters. The summed E-state index contributed by atoms with van der Waals surface area (Å²) < 4.78 is -4.96. The second kappa shape index (κ2) is 11.2. The van der Waals surface area contributed by atoms with Crippen molar-refractivity contribution < 1.29 is 0 Å². The van der Waals surface area contributed by atoms with Crippen LogP contribution < -0.4 is 21.2 Å². The summed E-state index contributed by atoms with van der Waals surface area (Å²) in [5, 5.41) is 3.92. The maximum atomic E-state index is 7.09. The van der Waals surface area contributed by atoms with Crippen molar-refractivity contribution in [3.8, 4) is 0 Å². The first-order chi connectivity index (χ1) is 16.6. The second-order valence-corrected chi connectivity index (χ2v) is 23.6. The van der Waals surface area contributed by atoms with Crippen LogP contribution in [-0.4, -0.2) is 14.1 Å². The Morgan fingerprint density at radius 2 is 0.571 bits per heavy atom. The number of halogens is 6. The summed E-state index contributed by atoms with van der Waals surface area (Å²) in [7, 11) is -5.53. The van der Waals surface area contributed by atoms with Crippen molar-refractivity contribution >= 4 is 112 Å². The quantitative estimate of drug-likeness (QED) is 0.137. The average molecular weight is 619 g/mol. The minimum Gasteiger partial charge on any atom is -0.300 e. The third kappa shape index (κ3) is 5.30. The van der Waals surface area contributed by atoms with Crippen molar-refractivity contribution in [2.45, 2.75) is 0 Å². The zero-order valence-electron chi connectivity index (χ0n) is 18.6. The fourth-order valence-electron chi connectivity index (χ4n) is 4.61. The summed E-state index contributed by atoms with van der Waals surface area (Å²) in [5.74, 6) is 0.440. The zero-order chi connectivity index (χ0) is 25.2. The summed E-state index contributed by atoms with van der Waals surface area (Å²) >= 11 is 42.6. The Morgan fingerprint density at radius 3 is 0.743 bits per heavy atom. The van der Waals surface area contributed by atoms with Crippen molar-refractivity contribution in [3.63, 3.8) is 0 Å². The van der Waals surface area contributed by atoms with Gasteiger partial charge in [-0.2, -0.15) is 0 Å². The Kier molecular flexibility index (Phi) is 8.81. The molecule has 0 radical (unpaired) electrons. The van der Waals surface area contributed by atoms with E-state index in [-0.39, 0.29) is 0 Å². The third-order valence-corrected chi connectivity index (χ3v) is 22.8. The molecule has 10 heteroatoms. The summed E-state index contributed by atoms with van der Waals surface area (Å²) in [5.41, 5.74) is 0. The molecule has 0 saturated carbocycles. The summed E-state index contributed by atoms with van der Waals surface area (Å²) in [6.45, 7) is 0. The lowest BCUT2D eigenvalue weighted by Crippen LogP contribution is -2.45. The number of rotatable bonds is 8. The first-order valence-corrected chi connectivity index (χ1v) is 17.7. The Labute approximate surface area is 238 Å². The molecular weight excluding hydrogens is 597 g/mol. The van der Waals surface area contributed by atoms with Gasteiger partial charge in [-0.3, -0.25) is 0 Å². The zero-order valence-corrected chi connectivity index (χ0v) is 24.9. The first-order valence-electron chi connectivity index (χ1n) is 11.0. The molecular formula is C25H22B2Cl6P2. The largest absolute Gasteiger partial charge is 0.423 e. The molecule has 0 saturated heterocycles. The number of benzene rings is 4. The molecule has 0 aliphatic carbocycles. The highest BCUT2D eigenvalue weighted by Gasteiger charge is 2.65. The molecule has 0 spiro atoms. The lowest BCUT2D eigenvalue weighted by Gasteiger charge is -2.48. The van der Waals surface area contributed by atoms with Crippen LogP contribution in [0.25, 0.3) is 0 Å². The van der Waals surface area contributed by atoms with Crippen molar-refractivity contribution in [3.05, 3.63) is 121 Å². The lowest BCUT2D eigenvalue weighted by molar-refractivity contribution is 1.72. The molecule has 0 aliphatic heterocycles. The van der Waals surface area contributed by atoms with E-state index in [2.05, 4.69) is 0 Å². The topological polar surface area (TPSA) is 0 Å². The highest BCUT2D eigenvalue weighted by atomic mass is 35.6. The molecule has 0 aromatic heterocycles. The van der Waals surface area contributed by atoms with Gasteiger partial charge in [0, 0.05) is 14.3 Å². The molecule has 0 atom stereocenters. The summed E-state index contributed by atoms with van der Waals surface area (Å²) in [6, 6.07) is 40.0. The van der Waals surface area contributed by atoms with Gasteiger partial charge >= 0.3 is 8.22 Å². The van der Waals surface area contributed by atoms with Gasteiger partial charge in [-0.05, 0) is 48.5 Å². The van der Waals surface area contributed by atoms with Crippen LogP contribution in [0.15, 0.2) is 121 Å². The molecule has 0 aliphatic rings. The van der Waals surface area contributed by atoms with E-state index in [0.29, 0.717) is 5.90 Å². The monoisotopic (exact) mass is 616 g/mol. The lowest BCUT2D eigenvalue weighted by atomic mass is 10.4. The highest BCUT2D eigenvalue weighted by molar-refractivity contribution is 8.43. The molecule has 0 bridgehead atoms. The van der Waals surface area contributed by atoms with Crippen molar-refractivity contribution in [2.24, 2.45) is 0 Å². The summed E-state index contributed by atoms with van der Waals surface area (Å²) in [4.78, 5) is 0.